The van der Waals surface area contributed by atoms with Crippen LogP contribution in [0.3, 0.4) is 0 Å². The van der Waals surface area contributed by atoms with E-state index in [1.165, 1.54) is 4.90 Å². The molecule has 4 heterocycles. The minimum absolute atomic E-state index is 0.0431. The average molecular weight is 461 g/mol. The summed E-state index contributed by atoms with van der Waals surface area (Å²) >= 11 is 6.14. The smallest absolute Gasteiger partial charge is 0.407 e. The molecule has 3 aromatic heterocycles. The third-order valence-electron chi connectivity index (χ3n) is 5.81. The maximum Gasteiger partial charge on any atom is 0.407 e. The SMILES string of the molecule is Cc1ccn2ncc(-c3nc(Cl)c(F)c(N[C@@H]4CCCN(C(=O)O)C4C(C)(C)C)n3)c2c1. The zero-order valence-corrected chi connectivity index (χ0v) is 19.2. The van der Waals surface area contributed by atoms with Crippen LogP contribution in [-0.2, 0) is 0 Å². The Morgan fingerprint density at radius 1 is 1.34 bits per heavy atom. The third-order valence-corrected chi connectivity index (χ3v) is 6.07. The van der Waals surface area contributed by atoms with Gasteiger partial charge in [-0.1, -0.05) is 32.4 Å². The molecule has 1 amide bonds. The average Bonchev–Trinajstić information content (AvgIpc) is 3.13. The number of pyridine rings is 1. The Bertz CT molecular complexity index is 1180. The van der Waals surface area contributed by atoms with Crippen LogP contribution in [0, 0.1) is 18.2 Å². The highest BCUT2D eigenvalue weighted by molar-refractivity contribution is 6.29. The number of piperidine rings is 1. The molecule has 0 spiro atoms. The number of aromatic nitrogens is 4. The summed E-state index contributed by atoms with van der Waals surface area (Å²) in [6.07, 6.45) is 3.80. The van der Waals surface area contributed by atoms with Crippen LogP contribution >= 0.6 is 11.6 Å². The second kappa shape index (κ2) is 8.20. The number of carbonyl (C=O) groups is 1. The Balaban J connectivity index is 1.75. The molecular formula is C22H26ClFN6O2. The van der Waals surface area contributed by atoms with Crippen LogP contribution in [0.25, 0.3) is 16.9 Å². The molecule has 0 radical (unpaired) electrons. The monoisotopic (exact) mass is 460 g/mol. The molecule has 1 fully saturated rings. The molecule has 3 aromatic rings. The number of nitrogens with zero attached hydrogens (tertiary/aromatic N) is 5. The summed E-state index contributed by atoms with van der Waals surface area (Å²) in [6, 6.07) is 3.17. The van der Waals surface area contributed by atoms with Crippen molar-refractivity contribution < 1.29 is 14.3 Å². The summed E-state index contributed by atoms with van der Waals surface area (Å²) in [4.78, 5) is 21.9. The maximum absolute atomic E-state index is 15.0. The van der Waals surface area contributed by atoms with Gasteiger partial charge in [0.15, 0.2) is 16.8 Å². The maximum atomic E-state index is 15.0. The minimum Gasteiger partial charge on any atom is -0.465 e. The van der Waals surface area contributed by atoms with Crippen molar-refractivity contribution in [2.45, 2.75) is 52.6 Å². The first kappa shape index (κ1) is 22.3. The van der Waals surface area contributed by atoms with E-state index in [1.54, 1.807) is 10.7 Å². The lowest BCUT2D eigenvalue weighted by atomic mass is 9.77. The summed E-state index contributed by atoms with van der Waals surface area (Å²) in [6.45, 7) is 8.33. The van der Waals surface area contributed by atoms with Gasteiger partial charge in [0.25, 0.3) is 0 Å². The predicted octanol–water partition coefficient (Wildman–Crippen LogP) is 4.86. The highest BCUT2D eigenvalue weighted by Gasteiger charge is 2.42. The van der Waals surface area contributed by atoms with Gasteiger partial charge in [0.1, 0.15) is 0 Å². The number of anilines is 1. The number of aryl methyl sites for hydroxylation is 1. The molecule has 1 unspecified atom stereocenters. The standard InChI is InChI=1S/C22H26ClFN6O2/c1-12-7-9-30-15(10-12)13(11-25-30)19-27-18(23)16(24)20(28-19)26-14-6-5-8-29(21(31)32)17(14)22(2,3)4/h7,9-11,14,17H,5-6,8H2,1-4H3,(H,31,32)(H,26,27,28)/t14-,17?/m1/s1. The Kier molecular flexibility index (Phi) is 5.70. The van der Waals surface area contributed by atoms with Crippen molar-refractivity contribution >= 4 is 29.0 Å². The number of hydrogen-bond donors (Lipinski definition) is 2. The molecule has 0 aliphatic carbocycles. The highest BCUT2D eigenvalue weighted by atomic mass is 35.5. The van der Waals surface area contributed by atoms with E-state index in [2.05, 4.69) is 20.4 Å². The summed E-state index contributed by atoms with van der Waals surface area (Å²) < 4.78 is 16.7. The van der Waals surface area contributed by atoms with Gasteiger partial charge in [-0.3, -0.25) is 0 Å². The van der Waals surface area contributed by atoms with Gasteiger partial charge >= 0.3 is 6.09 Å². The van der Waals surface area contributed by atoms with E-state index in [9.17, 15) is 14.3 Å². The van der Waals surface area contributed by atoms with Crippen molar-refractivity contribution in [1.82, 2.24) is 24.5 Å². The van der Waals surface area contributed by atoms with Gasteiger partial charge in [-0.2, -0.15) is 9.49 Å². The molecule has 0 aromatic carbocycles. The van der Waals surface area contributed by atoms with E-state index in [1.807, 2.05) is 46.0 Å². The largest absolute Gasteiger partial charge is 0.465 e. The van der Waals surface area contributed by atoms with E-state index in [-0.39, 0.29) is 34.3 Å². The van der Waals surface area contributed by atoms with Gasteiger partial charge in [-0.15, -0.1) is 0 Å². The number of hydrogen-bond acceptors (Lipinski definition) is 5. The highest BCUT2D eigenvalue weighted by Crippen LogP contribution is 2.35. The van der Waals surface area contributed by atoms with E-state index >= 15 is 0 Å². The number of fused-ring (bicyclic) bond motifs is 1. The third kappa shape index (κ3) is 4.09. The van der Waals surface area contributed by atoms with Crippen molar-refractivity contribution in [1.29, 1.82) is 0 Å². The number of carboxylic acid groups (broad SMARTS) is 1. The van der Waals surface area contributed by atoms with Crippen LogP contribution in [0.2, 0.25) is 5.15 Å². The van der Waals surface area contributed by atoms with Gasteiger partial charge in [0.2, 0.25) is 5.82 Å². The molecule has 10 heteroatoms. The molecule has 1 aliphatic heterocycles. The van der Waals surface area contributed by atoms with Crippen molar-refractivity contribution in [2.75, 3.05) is 11.9 Å². The second-order valence-electron chi connectivity index (χ2n) is 9.27. The number of likely N-dealkylation sites (tertiary alicyclic amines) is 1. The first-order valence-electron chi connectivity index (χ1n) is 10.5. The fourth-order valence-electron chi connectivity index (χ4n) is 4.50. The first-order chi connectivity index (χ1) is 15.1. The molecule has 32 heavy (non-hydrogen) atoms. The summed E-state index contributed by atoms with van der Waals surface area (Å²) in [7, 11) is 0. The van der Waals surface area contributed by atoms with Gasteiger partial charge in [-0.25, -0.2) is 19.3 Å². The van der Waals surface area contributed by atoms with Gasteiger partial charge < -0.3 is 15.3 Å². The molecular weight excluding hydrogens is 435 g/mol. The van der Waals surface area contributed by atoms with Crippen molar-refractivity contribution in [3.63, 3.8) is 0 Å². The Morgan fingerprint density at radius 2 is 2.09 bits per heavy atom. The topological polar surface area (TPSA) is 95.7 Å². The Hall–Kier alpha value is -2.94. The Labute approximate surface area is 190 Å². The van der Waals surface area contributed by atoms with Crippen LogP contribution in [0.15, 0.2) is 24.5 Å². The van der Waals surface area contributed by atoms with Gasteiger partial charge in [0.05, 0.1) is 23.3 Å². The van der Waals surface area contributed by atoms with Gasteiger partial charge in [0, 0.05) is 18.8 Å². The molecule has 4 rings (SSSR count). The van der Waals surface area contributed by atoms with E-state index in [0.717, 1.165) is 11.1 Å². The molecule has 0 bridgehead atoms. The van der Waals surface area contributed by atoms with Crippen LogP contribution < -0.4 is 5.32 Å². The minimum atomic E-state index is -0.986. The fourth-order valence-corrected chi connectivity index (χ4v) is 4.67. The van der Waals surface area contributed by atoms with E-state index < -0.39 is 11.9 Å². The normalized spacial score (nSPS) is 19.4. The van der Waals surface area contributed by atoms with Crippen LogP contribution in [0.4, 0.5) is 15.0 Å². The molecule has 2 N–H and O–H groups in total. The van der Waals surface area contributed by atoms with E-state index in [0.29, 0.717) is 24.9 Å². The molecule has 0 saturated carbocycles. The molecule has 170 valence electrons. The lowest BCUT2D eigenvalue weighted by Crippen LogP contribution is -2.58. The van der Waals surface area contributed by atoms with Crippen molar-refractivity contribution in [2.24, 2.45) is 5.41 Å². The molecule has 8 nitrogen and oxygen atoms in total. The van der Waals surface area contributed by atoms with Crippen LogP contribution in [-0.4, -0.2) is 54.3 Å². The van der Waals surface area contributed by atoms with Gasteiger partial charge in [-0.05, 0) is 42.9 Å². The van der Waals surface area contributed by atoms with Crippen LogP contribution in [0.1, 0.15) is 39.2 Å². The second-order valence-corrected chi connectivity index (χ2v) is 9.63. The number of halogens is 2. The van der Waals surface area contributed by atoms with Crippen molar-refractivity contribution in [3.8, 4) is 11.4 Å². The number of rotatable bonds is 3. The number of nitrogens with one attached hydrogen (secondary N) is 1. The van der Waals surface area contributed by atoms with Crippen molar-refractivity contribution in [3.05, 3.63) is 41.1 Å². The lowest BCUT2D eigenvalue weighted by molar-refractivity contribution is 0.0518. The molecule has 2 atom stereocenters. The lowest BCUT2D eigenvalue weighted by Gasteiger charge is -2.47. The molecule has 1 aliphatic rings. The predicted molar refractivity (Wildman–Crippen MR) is 121 cm³/mol. The quantitative estimate of drug-likeness (QED) is 0.542. The zero-order chi connectivity index (χ0) is 23.2. The summed E-state index contributed by atoms with van der Waals surface area (Å²) in [5.74, 6) is -0.556. The van der Waals surface area contributed by atoms with Crippen LogP contribution in [0.5, 0.6) is 0 Å². The Morgan fingerprint density at radius 3 is 2.78 bits per heavy atom. The molecule has 1 saturated heterocycles. The fraction of sp³-hybridized carbons (Fsp3) is 0.455. The zero-order valence-electron chi connectivity index (χ0n) is 18.4. The number of amides is 1. The first-order valence-corrected chi connectivity index (χ1v) is 10.9. The van der Waals surface area contributed by atoms with E-state index in [4.69, 9.17) is 11.6 Å². The summed E-state index contributed by atoms with van der Waals surface area (Å²) in [5, 5.41) is 16.9. The summed E-state index contributed by atoms with van der Waals surface area (Å²) in [5.41, 5.74) is 2.07.